The van der Waals surface area contributed by atoms with Crippen molar-refractivity contribution in [2.24, 2.45) is 11.8 Å². The summed E-state index contributed by atoms with van der Waals surface area (Å²) in [6.45, 7) is 0. The SMILES string of the molecule is COC1CCC(C2CCC(OC)C3OC23)C2OC12. The number of epoxide rings is 2. The molecule has 0 radical (unpaired) electrons. The van der Waals surface area contributed by atoms with Crippen molar-refractivity contribution >= 4 is 0 Å². The summed E-state index contributed by atoms with van der Waals surface area (Å²) >= 11 is 0. The molecule has 2 saturated carbocycles. The number of fused-ring (bicyclic) bond motifs is 2. The molecule has 0 spiro atoms. The van der Waals surface area contributed by atoms with Crippen LogP contribution >= 0.6 is 0 Å². The zero-order valence-electron chi connectivity index (χ0n) is 11.1. The summed E-state index contributed by atoms with van der Waals surface area (Å²) in [6, 6.07) is 0. The van der Waals surface area contributed by atoms with Gasteiger partial charge in [0.15, 0.2) is 0 Å². The Morgan fingerprint density at radius 3 is 1.50 bits per heavy atom. The molecule has 0 aromatic heterocycles. The number of hydrogen-bond donors (Lipinski definition) is 0. The largest absolute Gasteiger partial charge is 0.379 e. The highest BCUT2D eigenvalue weighted by Gasteiger charge is 2.61. The van der Waals surface area contributed by atoms with Crippen molar-refractivity contribution in [2.45, 2.75) is 62.3 Å². The van der Waals surface area contributed by atoms with Gasteiger partial charge in [-0.1, -0.05) is 0 Å². The molecule has 0 aromatic rings. The van der Waals surface area contributed by atoms with Gasteiger partial charge in [-0.25, -0.2) is 0 Å². The Morgan fingerprint density at radius 1 is 0.667 bits per heavy atom. The lowest BCUT2D eigenvalue weighted by Gasteiger charge is -2.32. The Hall–Kier alpha value is -0.160. The Kier molecular flexibility index (Phi) is 2.70. The summed E-state index contributed by atoms with van der Waals surface area (Å²) in [4.78, 5) is 0. The van der Waals surface area contributed by atoms with E-state index in [0.717, 1.165) is 12.8 Å². The van der Waals surface area contributed by atoms with Crippen molar-refractivity contribution in [3.63, 3.8) is 0 Å². The van der Waals surface area contributed by atoms with E-state index in [9.17, 15) is 0 Å². The highest BCUT2D eigenvalue weighted by atomic mass is 16.6. The third-order valence-corrected chi connectivity index (χ3v) is 5.42. The Balaban J connectivity index is 1.41. The van der Waals surface area contributed by atoms with Crippen LogP contribution in [-0.2, 0) is 18.9 Å². The molecule has 0 amide bonds. The molecule has 4 rings (SSSR count). The first kappa shape index (κ1) is 11.6. The second-order valence-electron chi connectivity index (χ2n) is 6.16. The molecule has 4 aliphatic rings. The summed E-state index contributed by atoms with van der Waals surface area (Å²) in [6.07, 6.45) is 7.03. The van der Waals surface area contributed by atoms with Gasteiger partial charge in [-0.2, -0.15) is 0 Å². The fourth-order valence-electron chi connectivity index (χ4n) is 4.35. The second kappa shape index (κ2) is 4.17. The smallest absolute Gasteiger partial charge is 0.111 e. The van der Waals surface area contributed by atoms with E-state index >= 15 is 0 Å². The van der Waals surface area contributed by atoms with Crippen molar-refractivity contribution in [1.82, 2.24) is 0 Å². The minimum Gasteiger partial charge on any atom is -0.379 e. The summed E-state index contributed by atoms with van der Waals surface area (Å²) < 4.78 is 22.7. The predicted molar refractivity (Wildman–Crippen MR) is 64.4 cm³/mol. The van der Waals surface area contributed by atoms with Gasteiger partial charge in [-0.15, -0.1) is 0 Å². The van der Waals surface area contributed by atoms with E-state index < -0.39 is 0 Å². The van der Waals surface area contributed by atoms with Crippen LogP contribution in [0.2, 0.25) is 0 Å². The van der Waals surface area contributed by atoms with Crippen LogP contribution in [0.25, 0.3) is 0 Å². The van der Waals surface area contributed by atoms with E-state index in [1.807, 2.05) is 0 Å². The molecule has 2 saturated heterocycles. The van der Waals surface area contributed by atoms with Gasteiger partial charge in [0.1, 0.15) is 12.2 Å². The maximum Gasteiger partial charge on any atom is 0.111 e. The van der Waals surface area contributed by atoms with Gasteiger partial charge in [0.2, 0.25) is 0 Å². The lowest BCUT2D eigenvalue weighted by Crippen LogP contribution is -2.39. The average molecular weight is 254 g/mol. The molecule has 102 valence electrons. The van der Waals surface area contributed by atoms with Gasteiger partial charge < -0.3 is 18.9 Å². The summed E-state index contributed by atoms with van der Waals surface area (Å²) in [7, 11) is 3.60. The molecule has 8 atom stereocenters. The second-order valence-corrected chi connectivity index (χ2v) is 6.16. The highest BCUT2D eigenvalue weighted by molar-refractivity contribution is 5.09. The summed E-state index contributed by atoms with van der Waals surface area (Å²) in [5.41, 5.74) is 0. The average Bonchev–Trinajstić information content (AvgIpc) is 3.26. The normalized spacial score (nSPS) is 57.7. The number of hydrogen-bond acceptors (Lipinski definition) is 4. The Morgan fingerprint density at radius 2 is 1.11 bits per heavy atom. The molecule has 2 heterocycles. The molecule has 4 nitrogen and oxygen atoms in total. The molecular weight excluding hydrogens is 232 g/mol. The molecule has 4 heteroatoms. The summed E-state index contributed by atoms with van der Waals surface area (Å²) in [5.74, 6) is 1.38. The Labute approximate surface area is 108 Å². The fraction of sp³-hybridized carbons (Fsp3) is 1.00. The van der Waals surface area contributed by atoms with Crippen LogP contribution in [0, 0.1) is 11.8 Å². The lowest BCUT2D eigenvalue weighted by atomic mass is 9.72. The van der Waals surface area contributed by atoms with E-state index in [0.29, 0.717) is 48.5 Å². The maximum atomic E-state index is 5.86. The van der Waals surface area contributed by atoms with E-state index in [1.165, 1.54) is 12.8 Å². The molecular formula is C14H22O4. The zero-order valence-corrected chi connectivity index (χ0v) is 11.1. The van der Waals surface area contributed by atoms with Crippen molar-refractivity contribution in [3.8, 4) is 0 Å². The van der Waals surface area contributed by atoms with E-state index in [4.69, 9.17) is 18.9 Å². The van der Waals surface area contributed by atoms with E-state index in [-0.39, 0.29) is 0 Å². The van der Waals surface area contributed by atoms with E-state index in [1.54, 1.807) is 14.2 Å². The van der Waals surface area contributed by atoms with Crippen molar-refractivity contribution in [2.75, 3.05) is 14.2 Å². The standard InChI is InChI=1S/C14H22O4/c1-15-9-5-3-7(11-13(9)17-11)8-4-6-10(16-2)14-12(8)18-14/h7-14H,3-6H2,1-2H3. The Bertz CT molecular complexity index is 302. The molecule has 0 N–H and O–H groups in total. The molecule has 0 aromatic carbocycles. The van der Waals surface area contributed by atoms with Gasteiger partial charge in [0.05, 0.1) is 24.4 Å². The van der Waals surface area contributed by atoms with Gasteiger partial charge in [-0.05, 0) is 37.5 Å². The molecule has 2 aliphatic heterocycles. The molecule has 0 bridgehead atoms. The summed E-state index contributed by atoms with van der Waals surface area (Å²) in [5, 5.41) is 0. The first-order valence-corrected chi connectivity index (χ1v) is 7.20. The van der Waals surface area contributed by atoms with Crippen LogP contribution in [0.4, 0.5) is 0 Å². The van der Waals surface area contributed by atoms with Crippen LogP contribution in [-0.4, -0.2) is 50.8 Å². The number of rotatable bonds is 3. The first-order chi connectivity index (χ1) is 8.83. The molecule has 18 heavy (non-hydrogen) atoms. The van der Waals surface area contributed by atoms with Crippen LogP contribution in [0.15, 0.2) is 0 Å². The van der Waals surface area contributed by atoms with Crippen molar-refractivity contribution in [1.29, 1.82) is 0 Å². The molecule has 8 unspecified atom stereocenters. The van der Waals surface area contributed by atoms with Gasteiger partial charge in [-0.3, -0.25) is 0 Å². The minimum atomic E-state index is 0.331. The maximum absolute atomic E-state index is 5.86. The third-order valence-electron chi connectivity index (χ3n) is 5.42. The van der Waals surface area contributed by atoms with Gasteiger partial charge >= 0.3 is 0 Å². The topological polar surface area (TPSA) is 43.5 Å². The van der Waals surface area contributed by atoms with Gasteiger partial charge in [0, 0.05) is 14.2 Å². The number of ether oxygens (including phenoxy) is 4. The van der Waals surface area contributed by atoms with Crippen molar-refractivity contribution in [3.05, 3.63) is 0 Å². The first-order valence-electron chi connectivity index (χ1n) is 7.20. The van der Waals surface area contributed by atoms with Gasteiger partial charge in [0.25, 0.3) is 0 Å². The fourth-order valence-corrected chi connectivity index (χ4v) is 4.35. The molecule has 2 aliphatic carbocycles. The monoisotopic (exact) mass is 254 g/mol. The number of methoxy groups -OCH3 is 2. The highest BCUT2D eigenvalue weighted by Crippen LogP contribution is 2.53. The van der Waals surface area contributed by atoms with Crippen LogP contribution in [0.1, 0.15) is 25.7 Å². The lowest BCUT2D eigenvalue weighted by molar-refractivity contribution is 0.0436. The third kappa shape index (κ3) is 1.66. The van der Waals surface area contributed by atoms with E-state index in [2.05, 4.69) is 0 Å². The zero-order chi connectivity index (χ0) is 12.3. The van der Waals surface area contributed by atoms with Crippen LogP contribution in [0.3, 0.4) is 0 Å². The van der Waals surface area contributed by atoms with Crippen LogP contribution < -0.4 is 0 Å². The predicted octanol–water partition coefficient (Wildman–Crippen LogP) is 1.37. The molecule has 4 fully saturated rings. The van der Waals surface area contributed by atoms with Crippen molar-refractivity contribution < 1.29 is 18.9 Å². The quantitative estimate of drug-likeness (QED) is 0.714. The van der Waals surface area contributed by atoms with Crippen LogP contribution in [0.5, 0.6) is 0 Å². The minimum absolute atomic E-state index is 0.331.